The maximum absolute atomic E-state index is 11.8. The Morgan fingerprint density at radius 3 is 2.94 bits per heavy atom. The zero-order chi connectivity index (χ0) is 13.4. The van der Waals surface area contributed by atoms with Crippen LogP contribution in [0.1, 0.15) is 13.8 Å². The summed E-state index contributed by atoms with van der Waals surface area (Å²) in [5, 5.41) is 13.0. The maximum Gasteiger partial charge on any atom is 0.324 e. The third-order valence-electron chi connectivity index (χ3n) is 2.87. The Hall–Kier alpha value is -0.690. The number of hydrogen-bond acceptors (Lipinski definition) is 6. The lowest BCUT2D eigenvalue weighted by molar-refractivity contribution is -0.151. The lowest BCUT2D eigenvalue weighted by atomic mass is 10.1. The number of esters is 1. The highest BCUT2D eigenvalue weighted by Crippen LogP contribution is 2.07. The molecule has 6 nitrogen and oxygen atoms in total. The molecule has 18 heavy (non-hydrogen) atoms. The molecule has 6 heteroatoms. The van der Waals surface area contributed by atoms with Crippen molar-refractivity contribution in [1.82, 2.24) is 10.2 Å². The molecule has 1 heterocycles. The van der Waals surface area contributed by atoms with Crippen LogP contribution in [0.3, 0.4) is 0 Å². The molecule has 1 fully saturated rings. The fourth-order valence-corrected chi connectivity index (χ4v) is 2.01. The predicted molar refractivity (Wildman–Crippen MR) is 67.4 cm³/mol. The molecule has 2 atom stereocenters. The Morgan fingerprint density at radius 2 is 2.28 bits per heavy atom. The normalized spacial score (nSPS) is 22.7. The summed E-state index contributed by atoms with van der Waals surface area (Å²) >= 11 is 0. The van der Waals surface area contributed by atoms with E-state index in [4.69, 9.17) is 9.47 Å². The van der Waals surface area contributed by atoms with Crippen molar-refractivity contribution in [2.24, 2.45) is 0 Å². The van der Waals surface area contributed by atoms with E-state index < -0.39 is 6.10 Å². The quantitative estimate of drug-likeness (QED) is 0.585. The summed E-state index contributed by atoms with van der Waals surface area (Å²) in [7, 11) is 0. The highest BCUT2D eigenvalue weighted by Gasteiger charge is 2.30. The van der Waals surface area contributed by atoms with E-state index >= 15 is 0 Å². The lowest BCUT2D eigenvalue weighted by Gasteiger charge is -2.35. The first-order valence-electron chi connectivity index (χ1n) is 6.56. The highest BCUT2D eigenvalue weighted by atomic mass is 16.5. The number of ether oxygens (including phenoxy) is 2. The van der Waals surface area contributed by atoms with Crippen molar-refractivity contribution in [3.05, 3.63) is 0 Å². The molecular weight excluding hydrogens is 236 g/mol. The molecule has 0 spiro atoms. The molecule has 0 aliphatic carbocycles. The van der Waals surface area contributed by atoms with Crippen molar-refractivity contribution in [2.75, 3.05) is 46.0 Å². The minimum atomic E-state index is -0.569. The summed E-state index contributed by atoms with van der Waals surface area (Å²) in [5.41, 5.74) is 0. The number of β-amino-alcohol motifs (C(OH)–C–C–N with tert-alkyl or cyclic N) is 1. The van der Waals surface area contributed by atoms with E-state index in [-0.39, 0.29) is 12.0 Å². The van der Waals surface area contributed by atoms with Crippen LogP contribution < -0.4 is 5.32 Å². The molecule has 0 radical (unpaired) electrons. The zero-order valence-corrected chi connectivity index (χ0v) is 11.2. The van der Waals surface area contributed by atoms with Gasteiger partial charge in [-0.2, -0.15) is 0 Å². The first-order valence-corrected chi connectivity index (χ1v) is 6.56. The van der Waals surface area contributed by atoms with Gasteiger partial charge >= 0.3 is 5.97 Å². The first kappa shape index (κ1) is 15.4. The van der Waals surface area contributed by atoms with E-state index in [0.29, 0.717) is 32.9 Å². The van der Waals surface area contributed by atoms with Gasteiger partial charge in [0.2, 0.25) is 0 Å². The number of aliphatic hydroxyl groups is 1. The van der Waals surface area contributed by atoms with Crippen LogP contribution in [-0.4, -0.2) is 74.1 Å². The molecule has 0 aromatic carbocycles. The lowest BCUT2D eigenvalue weighted by Crippen LogP contribution is -2.57. The van der Waals surface area contributed by atoms with Crippen molar-refractivity contribution < 1.29 is 19.4 Å². The summed E-state index contributed by atoms with van der Waals surface area (Å²) in [4.78, 5) is 13.7. The Bertz CT molecular complexity index is 250. The molecule has 1 saturated heterocycles. The zero-order valence-electron chi connectivity index (χ0n) is 11.2. The number of hydrogen-bond donors (Lipinski definition) is 2. The Morgan fingerprint density at radius 1 is 1.50 bits per heavy atom. The van der Waals surface area contributed by atoms with E-state index in [2.05, 4.69) is 5.32 Å². The highest BCUT2D eigenvalue weighted by molar-refractivity contribution is 5.76. The molecule has 0 saturated carbocycles. The maximum atomic E-state index is 11.8. The predicted octanol–water partition coefficient (Wildman–Crippen LogP) is -0.779. The topological polar surface area (TPSA) is 71.0 Å². The Balaban J connectivity index is 2.46. The number of carbonyl (C=O) groups excluding carboxylic acids is 1. The van der Waals surface area contributed by atoms with E-state index in [1.54, 1.807) is 6.92 Å². The van der Waals surface area contributed by atoms with Gasteiger partial charge in [-0.05, 0) is 13.8 Å². The van der Waals surface area contributed by atoms with Crippen LogP contribution in [0.15, 0.2) is 0 Å². The molecule has 0 bridgehead atoms. The third kappa shape index (κ3) is 4.89. The van der Waals surface area contributed by atoms with Crippen LogP contribution in [0.5, 0.6) is 0 Å². The summed E-state index contributed by atoms with van der Waals surface area (Å²) in [6.45, 7) is 7.50. The van der Waals surface area contributed by atoms with Gasteiger partial charge < -0.3 is 19.9 Å². The molecule has 2 N–H and O–H groups in total. The minimum absolute atomic E-state index is 0.228. The fraction of sp³-hybridized carbons (Fsp3) is 0.917. The Kier molecular flexibility index (Phi) is 7.19. The largest absolute Gasteiger partial charge is 0.465 e. The van der Waals surface area contributed by atoms with Crippen LogP contribution in [0.4, 0.5) is 0 Å². The molecule has 0 aromatic heterocycles. The molecule has 2 unspecified atom stereocenters. The molecule has 1 aliphatic heterocycles. The van der Waals surface area contributed by atoms with Crippen molar-refractivity contribution in [3.8, 4) is 0 Å². The number of piperazine rings is 1. The van der Waals surface area contributed by atoms with Gasteiger partial charge in [0.1, 0.15) is 6.04 Å². The van der Waals surface area contributed by atoms with E-state index in [1.807, 2.05) is 11.8 Å². The van der Waals surface area contributed by atoms with Crippen molar-refractivity contribution in [3.63, 3.8) is 0 Å². The van der Waals surface area contributed by atoms with Gasteiger partial charge in [-0.15, -0.1) is 0 Å². The summed E-state index contributed by atoms with van der Waals surface area (Å²) in [5.74, 6) is -0.228. The smallest absolute Gasteiger partial charge is 0.324 e. The summed E-state index contributed by atoms with van der Waals surface area (Å²) in [6, 6.07) is -0.310. The van der Waals surface area contributed by atoms with Gasteiger partial charge in [0, 0.05) is 32.8 Å². The van der Waals surface area contributed by atoms with E-state index in [1.165, 1.54) is 0 Å². The molecular formula is C12H24N2O4. The minimum Gasteiger partial charge on any atom is -0.465 e. The first-order chi connectivity index (χ1) is 8.69. The SMILES string of the molecule is CCOCC(O)CN1CCNCC1C(=O)OCC. The number of nitrogens with one attached hydrogen (secondary N) is 1. The monoisotopic (exact) mass is 260 g/mol. The molecule has 1 aliphatic rings. The van der Waals surface area contributed by atoms with Crippen LogP contribution in [0, 0.1) is 0 Å². The number of nitrogens with zero attached hydrogens (tertiary/aromatic N) is 1. The van der Waals surface area contributed by atoms with Crippen LogP contribution in [0.2, 0.25) is 0 Å². The molecule has 106 valence electrons. The van der Waals surface area contributed by atoms with Crippen LogP contribution in [0.25, 0.3) is 0 Å². The van der Waals surface area contributed by atoms with Crippen LogP contribution >= 0.6 is 0 Å². The Labute approximate surface area is 108 Å². The second kappa shape index (κ2) is 8.42. The van der Waals surface area contributed by atoms with Crippen molar-refractivity contribution in [2.45, 2.75) is 26.0 Å². The van der Waals surface area contributed by atoms with Gasteiger partial charge in [0.05, 0.1) is 19.3 Å². The summed E-state index contributed by atoms with van der Waals surface area (Å²) in [6.07, 6.45) is -0.569. The number of carbonyl (C=O) groups is 1. The standard InChI is InChI=1S/C12H24N2O4/c1-3-17-9-10(15)8-14-6-5-13-7-11(14)12(16)18-4-2/h10-11,13,15H,3-9H2,1-2H3. The molecule has 0 amide bonds. The number of aliphatic hydroxyl groups excluding tert-OH is 1. The van der Waals surface area contributed by atoms with Crippen molar-refractivity contribution in [1.29, 1.82) is 0 Å². The van der Waals surface area contributed by atoms with Gasteiger partial charge in [0.25, 0.3) is 0 Å². The van der Waals surface area contributed by atoms with Crippen molar-refractivity contribution >= 4 is 5.97 Å². The molecule has 1 rings (SSSR count). The van der Waals surface area contributed by atoms with E-state index in [9.17, 15) is 9.90 Å². The van der Waals surface area contributed by atoms with Gasteiger partial charge in [-0.1, -0.05) is 0 Å². The summed E-state index contributed by atoms with van der Waals surface area (Å²) < 4.78 is 10.2. The second-order valence-corrected chi connectivity index (χ2v) is 4.28. The van der Waals surface area contributed by atoms with Gasteiger partial charge in [0.15, 0.2) is 0 Å². The average Bonchev–Trinajstić information content (AvgIpc) is 2.37. The second-order valence-electron chi connectivity index (χ2n) is 4.28. The average molecular weight is 260 g/mol. The van der Waals surface area contributed by atoms with Crippen LogP contribution in [-0.2, 0) is 14.3 Å². The fourth-order valence-electron chi connectivity index (χ4n) is 2.01. The third-order valence-corrected chi connectivity index (χ3v) is 2.87. The number of rotatable bonds is 7. The van der Waals surface area contributed by atoms with E-state index in [0.717, 1.165) is 13.1 Å². The van der Waals surface area contributed by atoms with Gasteiger partial charge in [-0.3, -0.25) is 9.69 Å². The van der Waals surface area contributed by atoms with Gasteiger partial charge in [-0.25, -0.2) is 0 Å². The molecule has 0 aromatic rings.